The molecule has 3 heterocycles. The number of hydrogen-bond donors (Lipinski definition) is 2. The third kappa shape index (κ3) is 5.01. The number of H-pyrrole nitrogens is 1. The number of hydrogen-bond acceptors (Lipinski definition) is 7. The minimum Gasteiger partial charge on any atom is -0.385 e. The average molecular weight is 537 g/mol. The number of fused-ring (bicyclic) bond motifs is 1. The van der Waals surface area contributed by atoms with Crippen molar-refractivity contribution >= 4 is 22.8 Å². The van der Waals surface area contributed by atoms with Gasteiger partial charge in [0.1, 0.15) is 23.1 Å². The molecule has 1 atom stereocenters. The van der Waals surface area contributed by atoms with Crippen molar-refractivity contribution in [1.29, 1.82) is 0 Å². The summed E-state index contributed by atoms with van der Waals surface area (Å²) in [6.45, 7) is 3.07. The van der Waals surface area contributed by atoms with E-state index in [9.17, 15) is 9.90 Å². The molecule has 0 radical (unpaired) electrons. The van der Waals surface area contributed by atoms with Crippen molar-refractivity contribution in [2.24, 2.45) is 17.8 Å². The van der Waals surface area contributed by atoms with E-state index >= 15 is 0 Å². The molecule has 10 heteroatoms. The van der Waals surface area contributed by atoms with Crippen LogP contribution in [0.25, 0.3) is 34.1 Å². The van der Waals surface area contributed by atoms with Gasteiger partial charge < -0.3 is 14.1 Å². The first-order valence-electron chi connectivity index (χ1n) is 13.7. The number of aliphatic hydroxyl groups is 1. The second kappa shape index (κ2) is 10.6. The van der Waals surface area contributed by atoms with Crippen molar-refractivity contribution in [3.63, 3.8) is 0 Å². The lowest BCUT2D eigenvalue weighted by Crippen LogP contribution is -2.23. The highest BCUT2D eigenvalue weighted by Gasteiger charge is 2.31. The molecule has 0 saturated heterocycles. The van der Waals surface area contributed by atoms with Crippen molar-refractivity contribution < 1.29 is 9.52 Å². The number of benzene rings is 1. The molecule has 38 heavy (non-hydrogen) atoms. The topological polar surface area (TPSA) is 123 Å². The molecule has 3 aromatic heterocycles. The molecule has 2 aliphatic rings. The first-order chi connectivity index (χ1) is 18.5. The molecule has 2 aliphatic carbocycles. The van der Waals surface area contributed by atoms with Crippen LogP contribution in [0.2, 0.25) is 5.02 Å². The lowest BCUT2D eigenvalue weighted by atomic mass is 9.82. The van der Waals surface area contributed by atoms with Crippen LogP contribution in [0.4, 0.5) is 0 Å². The van der Waals surface area contributed by atoms with Crippen LogP contribution in [-0.4, -0.2) is 34.8 Å². The SMILES string of the molecule is CC1CCC(Cn2c(C(O)C3CCCCC3)nc3nc(-c4n[nH]c(=O)o4)nc(-c4cccc(Cl)c4)c32)CC1. The summed E-state index contributed by atoms with van der Waals surface area (Å²) in [6, 6.07) is 7.48. The zero-order valence-electron chi connectivity index (χ0n) is 21.6. The second-order valence-corrected chi connectivity index (χ2v) is 11.5. The van der Waals surface area contributed by atoms with Crippen molar-refractivity contribution in [2.45, 2.75) is 77.4 Å². The van der Waals surface area contributed by atoms with Gasteiger partial charge in [-0.25, -0.2) is 24.8 Å². The molecule has 0 aliphatic heterocycles. The molecule has 4 aromatic rings. The summed E-state index contributed by atoms with van der Waals surface area (Å²) in [4.78, 5) is 26.1. The third-order valence-corrected chi connectivity index (χ3v) is 8.53. The zero-order chi connectivity index (χ0) is 26.2. The molecular formula is C28H33ClN6O3. The molecule has 2 N–H and O–H groups in total. The molecule has 200 valence electrons. The molecule has 9 nitrogen and oxygen atoms in total. The maximum Gasteiger partial charge on any atom is 0.434 e. The summed E-state index contributed by atoms with van der Waals surface area (Å²) in [6.07, 6.45) is 9.44. The van der Waals surface area contributed by atoms with E-state index in [2.05, 4.69) is 26.7 Å². The van der Waals surface area contributed by atoms with Gasteiger partial charge in [0.25, 0.3) is 5.89 Å². The highest BCUT2D eigenvalue weighted by Crippen LogP contribution is 2.39. The molecule has 6 rings (SSSR count). The van der Waals surface area contributed by atoms with Crippen molar-refractivity contribution in [1.82, 2.24) is 29.7 Å². The quantitative estimate of drug-likeness (QED) is 0.313. The van der Waals surface area contributed by atoms with Crippen molar-refractivity contribution in [2.75, 3.05) is 0 Å². The number of aromatic nitrogens is 6. The summed E-state index contributed by atoms with van der Waals surface area (Å²) < 4.78 is 7.35. The van der Waals surface area contributed by atoms with E-state index in [1.54, 1.807) is 0 Å². The second-order valence-electron chi connectivity index (χ2n) is 11.0. The van der Waals surface area contributed by atoms with Gasteiger partial charge in [-0.2, -0.15) is 0 Å². The Hall–Kier alpha value is -3.04. The van der Waals surface area contributed by atoms with Gasteiger partial charge in [-0.3, -0.25) is 0 Å². The minimum absolute atomic E-state index is 0.00891. The first kappa shape index (κ1) is 25.2. The molecule has 2 saturated carbocycles. The molecule has 0 amide bonds. The van der Waals surface area contributed by atoms with Crippen LogP contribution in [-0.2, 0) is 6.54 Å². The Balaban J connectivity index is 1.55. The van der Waals surface area contributed by atoms with Gasteiger partial charge in [-0.15, -0.1) is 5.10 Å². The van der Waals surface area contributed by atoms with Crippen LogP contribution in [0.5, 0.6) is 0 Å². The molecule has 0 bridgehead atoms. The molecule has 0 spiro atoms. The zero-order valence-corrected chi connectivity index (χ0v) is 22.3. The Labute approximate surface area is 225 Å². The molecule has 1 unspecified atom stereocenters. The summed E-state index contributed by atoms with van der Waals surface area (Å²) in [5, 5.41) is 18.5. The fourth-order valence-corrected chi connectivity index (χ4v) is 6.34. The lowest BCUT2D eigenvalue weighted by molar-refractivity contribution is 0.0730. The molecule has 1 aromatic carbocycles. The fourth-order valence-electron chi connectivity index (χ4n) is 6.15. The predicted octanol–water partition coefficient (Wildman–Crippen LogP) is 5.93. The van der Waals surface area contributed by atoms with Gasteiger partial charge >= 0.3 is 5.76 Å². The third-order valence-electron chi connectivity index (χ3n) is 8.30. The highest BCUT2D eigenvalue weighted by molar-refractivity contribution is 6.30. The minimum atomic E-state index is -0.689. The van der Waals surface area contributed by atoms with Crippen molar-refractivity contribution in [3.05, 3.63) is 45.7 Å². The van der Waals surface area contributed by atoms with E-state index in [1.807, 2.05) is 24.3 Å². The van der Waals surface area contributed by atoms with Gasteiger partial charge in [0.2, 0.25) is 5.82 Å². The van der Waals surface area contributed by atoms with Gasteiger partial charge in [0.05, 0.1) is 0 Å². The Kier molecular flexibility index (Phi) is 7.05. The standard InChI is InChI=1S/C28H33ClN6O3/c1-16-10-12-17(13-11-16)15-35-22-21(19-8-5-9-20(29)14-19)30-25(27-33-34-28(37)38-27)31-24(22)32-26(35)23(36)18-6-3-2-4-7-18/h5,8-9,14,16-18,23,36H,2-4,6-7,10-13,15H2,1H3,(H,34,37). The molecule has 2 fully saturated rings. The van der Waals surface area contributed by atoms with E-state index in [0.717, 1.165) is 62.1 Å². The van der Waals surface area contributed by atoms with Gasteiger partial charge in [-0.1, -0.05) is 62.8 Å². The van der Waals surface area contributed by atoms with Gasteiger partial charge in [-0.05, 0) is 55.6 Å². The average Bonchev–Trinajstić information content (AvgIpc) is 3.53. The molecular weight excluding hydrogens is 504 g/mol. The number of nitrogens with one attached hydrogen (secondary N) is 1. The van der Waals surface area contributed by atoms with Crippen LogP contribution >= 0.6 is 11.6 Å². The number of halogens is 1. The Bertz CT molecular complexity index is 1480. The fraction of sp³-hybridized carbons (Fsp3) is 0.536. The predicted molar refractivity (Wildman–Crippen MR) is 145 cm³/mol. The summed E-state index contributed by atoms with van der Waals surface area (Å²) >= 11 is 6.39. The van der Waals surface area contributed by atoms with Crippen LogP contribution in [0.1, 0.15) is 76.6 Å². The lowest BCUT2D eigenvalue weighted by Gasteiger charge is -2.30. The van der Waals surface area contributed by atoms with E-state index in [-0.39, 0.29) is 17.6 Å². The number of imidazole rings is 1. The summed E-state index contributed by atoms with van der Waals surface area (Å²) in [7, 11) is 0. The van der Waals surface area contributed by atoms with Gasteiger partial charge in [0, 0.05) is 17.1 Å². The van der Waals surface area contributed by atoms with Crippen LogP contribution in [0, 0.1) is 17.8 Å². The first-order valence-corrected chi connectivity index (χ1v) is 14.1. The van der Waals surface area contributed by atoms with Crippen LogP contribution in [0.15, 0.2) is 33.5 Å². The normalized spacial score (nSPS) is 21.7. The Morgan fingerprint density at radius 3 is 2.61 bits per heavy atom. The summed E-state index contributed by atoms with van der Waals surface area (Å²) in [5.74, 6) is 1.50. The smallest absolute Gasteiger partial charge is 0.385 e. The van der Waals surface area contributed by atoms with Crippen LogP contribution in [0.3, 0.4) is 0 Å². The number of aliphatic hydroxyl groups excluding tert-OH is 1. The maximum absolute atomic E-state index is 11.7. The maximum atomic E-state index is 11.7. The van der Waals surface area contributed by atoms with E-state index in [0.29, 0.717) is 28.1 Å². The number of rotatable bonds is 6. The Morgan fingerprint density at radius 1 is 1.11 bits per heavy atom. The van der Waals surface area contributed by atoms with E-state index in [1.165, 1.54) is 19.3 Å². The number of nitrogens with zero attached hydrogens (tertiary/aromatic N) is 5. The Morgan fingerprint density at radius 2 is 1.89 bits per heavy atom. The van der Waals surface area contributed by atoms with Crippen LogP contribution < -0.4 is 5.76 Å². The van der Waals surface area contributed by atoms with E-state index < -0.39 is 11.9 Å². The number of aromatic amines is 1. The monoisotopic (exact) mass is 536 g/mol. The summed E-state index contributed by atoms with van der Waals surface area (Å²) in [5.41, 5.74) is 2.63. The van der Waals surface area contributed by atoms with E-state index in [4.69, 9.17) is 26.0 Å². The van der Waals surface area contributed by atoms with Crippen molar-refractivity contribution in [3.8, 4) is 23.0 Å². The largest absolute Gasteiger partial charge is 0.434 e. The highest BCUT2D eigenvalue weighted by atomic mass is 35.5. The van der Waals surface area contributed by atoms with Gasteiger partial charge in [0.15, 0.2) is 5.65 Å².